The number of benzene rings is 1. The van der Waals surface area contributed by atoms with Crippen LogP contribution in [0, 0.1) is 5.82 Å². The predicted octanol–water partition coefficient (Wildman–Crippen LogP) is 1.40. The second-order valence-electron chi connectivity index (χ2n) is 2.85. The van der Waals surface area contributed by atoms with Crippen molar-refractivity contribution in [3.05, 3.63) is 24.0 Å². The smallest absolute Gasteiger partial charge is 0.310 e. The van der Waals surface area contributed by atoms with Crippen molar-refractivity contribution in [3.63, 3.8) is 0 Å². The van der Waals surface area contributed by atoms with Crippen LogP contribution in [0.4, 0.5) is 4.39 Å². The SMILES string of the molecule is O=C(O)CC1Oc2ccc(F)cc2O1. The number of hydrogen-bond donors (Lipinski definition) is 1. The Balaban J connectivity index is 2.14. The molecule has 4 nitrogen and oxygen atoms in total. The van der Waals surface area contributed by atoms with Crippen LogP contribution in [0.3, 0.4) is 0 Å². The normalized spacial score (nSPS) is 18.2. The molecule has 1 aromatic rings. The molecule has 1 aliphatic rings. The van der Waals surface area contributed by atoms with Gasteiger partial charge in [0, 0.05) is 6.07 Å². The lowest BCUT2D eigenvalue weighted by molar-refractivity contribution is -0.141. The first-order valence-electron chi connectivity index (χ1n) is 4.00. The second kappa shape index (κ2) is 3.17. The highest BCUT2D eigenvalue weighted by Crippen LogP contribution is 2.35. The molecule has 1 aromatic carbocycles. The number of hydrogen-bond acceptors (Lipinski definition) is 3. The first-order valence-corrected chi connectivity index (χ1v) is 4.00. The van der Waals surface area contributed by atoms with Gasteiger partial charge in [0.2, 0.25) is 0 Å². The third-order valence-electron chi connectivity index (χ3n) is 1.76. The van der Waals surface area contributed by atoms with Gasteiger partial charge in [-0.15, -0.1) is 0 Å². The monoisotopic (exact) mass is 198 g/mol. The minimum atomic E-state index is -1.02. The van der Waals surface area contributed by atoms with Crippen molar-refractivity contribution in [2.24, 2.45) is 0 Å². The second-order valence-corrected chi connectivity index (χ2v) is 2.85. The maximum Gasteiger partial charge on any atom is 0.310 e. The van der Waals surface area contributed by atoms with E-state index in [4.69, 9.17) is 14.6 Å². The van der Waals surface area contributed by atoms with Crippen LogP contribution in [0.5, 0.6) is 11.5 Å². The van der Waals surface area contributed by atoms with E-state index < -0.39 is 18.1 Å². The van der Waals surface area contributed by atoms with Crippen LogP contribution in [0.15, 0.2) is 18.2 Å². The summed E-state index contributed by atoms with van der Waals surface area (Å²) in [7, 11) is 0. The number of carboxylic acid groups (broad SMARTS) is 1. The average molecular weight is 198 g/mol. The maximum absolute atomic E-state index is 12.7. The van der Waals surface area contributed by atoms with Crippen LogP contribution in [0.25, 0.3) is 0 Å². The van der Waals surface area contributed by atoms with Crippen LogP contribution < -0.4 is 9.47 Å². The predicted molar refractivity (Wildman–Crippen MR) is 43.7 cm³/mol. The summed E-state index contributed by atoms with van der Waals surface area (Å²) in [6, 6.07) is 3.80. The summed E-state index contributed by atoms with van der Waals surface area (Å²) in [6.45, 7) is 0. The first kappa shape index (κ1) is 8.80. The van der Waals surface area contributed by atoms with E-state index in [1.165, 1.54) is 12.1 Å². The summed E-state index contributed by atoms with van der Waals surface area (Å²) in [5.41, 5.74) is 0. The summed E-state index contributed by atoms with van der Waals surface area (Å²) in [5, 5.41) is 8.47. The number of ether oxygens (including phenoxy) is 2. The molecule has 2 rings (SSSR count). The number of carbonyl (C=O) groups is 1. The fourth-order valence-electron chi connectivity index (χ4n) is 1.20. The van der Waals surface area contributed by atoms with E-state index in [9.17, 15) is 9.18 Å². The zero-order valence-electron chi connectivity index (χ0n) is 7.07. The molecule has 74 valence electrons. The molecule has 0 aliphatic carbocycles. The van der Waals surface area contributed by atoms with Gasteiger partial charge < -0.3 is 14.6 Å². The van der Waals surface area contributed by atoms with Gasteiger partial charge in [0.05, 0.1) is 0 Å². The van der Waals surface area contributed by atoms with Gasteiger partial charge in [0.1, 0.15) is 12.2 Å². The first-order chi connectivity index (χ1) is 6.65. The molecule has 0 saturated carbocycles. The van der Waals surface area contributed by atoms with Gasteiger partial charge >= 0.3 is 5.97 Å². The Bertz CT molecular complexity index is 377. The van der Waals surface area contributed by atoms with Crippen molar-refractivity contribution in [2.75, 3.05) is 0 Å². The Hall–Kier alpha value is -1.78. The van der Waals surface area contributed by atoms with Crippen LogP contribution in [-0.4, -0.2) is 17.4 Å². The number of halogens is 1. The van der Waals surface area contributed by atoms with Crippen molar-refractivity contribution < 1.29 is 23.8 Å². The van der Waals surface area contributed by atoms with E-state index in [2.05, 4.69) is 0 Å². The molecule has 1 N–H and O–H groups in total. The fourth-order valence-corrected chi connectivity index (χ4v) is 1.20. The molecule has 0 radical (unpaired) electrons. The Morgan fingerprint density at radius 3 is 2.86 bits per heavy atom. The highest BCUT2D eigenvalue weighted by Gasteiger charge is 2.26. The van der Waals surface area contributed by atoms with Crippen molar-refractivity contribution in [2.45, 2.75) is 12.7 Å². The summed E-state index contributed by atoms with van der Waals surface area (Å²) in [4.78, 5) is 10.3. The van der Waals surface area contributed by atoms with E-state index >= 15 is 0 Å². The molecule has 0 fully saturated rings. The van der Waals surface area contributed by atoms with Gasteiger partial charge in [0.25, 0.3) is 6.29 Å². The van der Waals surface area contributed by atoms with E-state index in [0.717, 1.165) is 6.07 Å². The van der Waals surface area contributed by atoms with Crippen molar-refractivity contribution in [1.82, 2.24) is 0 Å². The zero-order valence-corrected chi connectivity index (χ0v) is 7.07. The summed E-state index contributed by atoms with van der Waals surface area (Å²) in [5.74, 6) is -0.847. The lowest BCUT2D eigenvalue weighted by atomic mass is 10.3. The Kier molecular flexibility index (Phi) is 1.99. The Labute approximate surface area is 78.9 Å². The van der Waals surface area contributed by atoms with Crippen molar-refractivity contribution in [3.8, 4) is 11.5 Å². The topological polar surface area (TPSA) is 55.8 Å². The molecule has 5 heteroatoms. The van der Waals surface area contributed by atoms with Gasteiger partial charge in [0.15, 0.2) is 11.5 Å². The third-order valence-corrected chi connectivity index (χ3v) is 1.76. The van der Waals surface area contributed by atoms with Crippen LogP contribution in [0.1, 0.15) is 6.42 Å². The number of rotatable bonds is 2. The average Bonchev–Trinajstić information content (AvgIpc) is 2.44. The van der Waals surface area contributed by atoms with Gasteiger partial charge in [-0.05, 0) is 12.1 Å². The lowest BCUT2D eigenvalue weighted by Gasteiger charge is -2.05. The van der Waals surface area contributed by atoms with E-state index in [0.29, 0.717) is 5.75 Å². The molecule has 0 saturated heterocycles. The number of aliphatic carboxylic acids is 1. The summed E-state index contributed by atoms with van der Waals surface area (Å²) < 4.78 is 22.9. The van der Waals surface area contributed by atoms with Gasteiger partial charge in [-0.1, -0.05) is 0 Å². The van der Waals surface area contributed by atoms with Crippen molar-refractivity contribution in [1.29, 1.82) is 0 Å². The quantitative estimate of drug-likeness (QED) is 0.780. The molecular weight excluding hydrogens is 191 g/mol. The fraction of sp³-hybridized carbons (Fsp3) is 0.222. The standard InChI is InChI=1S/C9H7FO4/c10-5-1-2-6-7(3-5)14-9(13-6)4-8(11)12/h1-3,9H,4H2,(H,11,12). The van der Waals surface area contributed by atoms with E-state index in [1.807, 2.05) is 0 Å². The minimum absolute atomic E-state index is 0.247. The third kappa shape index (κ3) is 1.61. The van der Waals surface area contributed by atoms with E-state index in [-0.39, 0.29) is 12.2 Å². The molecule has 0 bridgehead atoms. The number of carboxylic acids is 1. The van der Waals surface area contributed by atoms with Gasteiger partial charge in [-0.2, -0.15) is 0 Å². The van der Waals surface area contributed by atoms with E-state index in [1.54, 1.807) is 0 Å². The summed E-state index contributed by atoms with van der Waals surface area (Å²) >= 11 is 0. The molecule has 1 unspecified atom stereocenters. The van der Waals surface area contributed by atoms with Crippen molar-refractivity contribution >= 4 is 5.97 Å². The van der Waals surface area contributed by atoms with Gasteiger partial charge in [-0.3, -0.25) is 4.79 Å². The molecule has 14 heavy (non-hydrogen) atoms. The highest BCUT2D eigenvalue weighted by atomic mass is 19.1. The molecule has 0 amide bonds. The van der Waals surface area contributed by atoms with Gasteiger partial charge in [-0.25, -0.2) is 4.39 Å². The Morgan fingerprint density at radius 2 is 2.14 bits per heavy atom. The number of fused-ring (bicyclic) bond motifs is 1. The Morgan fingerprint density at radius 1 is 1.43 bits per heavy atom. The maximum atomic E-state index is 12.7. The molecule has 1 heterocycles. The lowest BCUT2D eigenvalue weighted by Crippen LogP contribution is -2.21. The zero-order chi connectivity index (χ0) is 10.1. The van der Waals surface area contributed by atoms with Crippen LogP contribution >= 0.6 is 0 Å². The molecule has 1 atom stereocenters. The summed E-state index contributed by atoms with van der Waals surface area (Å²) in [6.07, 6.45) is -1.12. The van der Waals surface area contributed by atoms with Crippen LogP contribution in [0.2, 0.25) is 0 Å². The molecule has 1 aliphatic heterocycles. The molecular formula is C9H7FO4. The molecule has 0 aromatic heterocycles. The highest BCUT2D eigenvalue weighted by molar-refractivity contribution is 5.67. The molecule has 0 spiro atoms. The van der Waals surface area contributed by atoms with Crippen LogP contribution in [-0.2, 0) is 4.79 Å². The largest absolute Gasteiger partial charge is 0.481 e. The minimum Gasteiger partial charge on any atom is -0.481 e.